The number of hydrogen-bond donors (Lipinski definition) is 2. The number of nitrogens with zero attached hydrogens (tertiary/aromatic N) is 3. The van der Waals surface area contributed by atoms with Crippen LogP contribution >= 0.6 is 0 Å². The lowest BCUT2D eigenvalue weighted by molar-refractivity contribution is -0.117. The van der Waals surface area contributed by atoms with Gasteiger partial charge in [0, 0.05) is 45.0 Å². The van der Waals surface area contributed by atoms with Crippen molar-refractivity contribution in [1.82, 2.24) is 13.5 Å². The van der Waals surface area contributed by atoms with Gasteiger partial charge in [-0.15, -0.1) is 0 Å². The van der Waals surface area contributed by atoms with Crippen molar-refractivity contribution in [1.29, 1.82) is 0 Å². The summed E-state index contributed by atoms with van der Waals surface area (Å²) in [4.78, 5) is 14.0. The SMILES string of the molecule is CCN(CC)S(=O)(=O)N1CCN(CC(=O)Nc2cccc(S(N)(=O)=O)c2)CC1. The van der Waals surface area contributed by atoms with Crippen LogP contribution < -0.4 is 10.5 Å². The van der Waals surface area contributed by atoms with Crippen LogP contribution in [0.15, 0.2) is 29.2 Å². The van der Waals surface area contributed by atoms with Crippen molar-refractivity contribution in [2.45, 2.75) is 18.7 Å². The molecule has 10 nitrogen and oxygen atoms in total. The first-order chi connectivity index (χ1) is 13.1. The van der Waals surface area contributed by atoms with Gasteiger partial charge in [-0.3, -0.25) is 9.69 Å². The van der Waals surface area contributed by atoms with E-state index in [-0.39, 0.29) is 17.3 Å². The maximum Gasteiger partial charge on any atom is 0.282 e. The highest BCUT2D eigenvalue weighted by molar-refractivity contribution is 7.89. The Morgan fingerprint density at radius 1 is 1.11 bits per heavy atom. The van der Waals surface area contributed by atoms with Gasteiger partial charge in [0.05, 0.1) is 11.4 Å². The van der Waals surface area contributed by atoms with Crippen LogP contribution in [-0.2, 0) is 25.0 Å². The normalized spacial score (nSPS) is 17.0. The number of primary sulfonamides is 1. The summed E-state index contributed by atoms with van der Waals surface area (Å²) >= 11 is 0. The molecule has 0 spiro atoms. The number of hydrogen-bond acceptors (Lipinski definition) is 6. The Bertz CT molecular complexity index is 892. The average Bonchev–Trinajstić information content (AvgIpc) is 2.62. The van der Waals surface area contributed by atoms with Crippen molar-refractivity contribution in [3.8, 4) is 0 Å². The molecule has 1 fully saturated rings. The summed E-state index contributed by atoms with van der Waals surface area (Å²) in [7, 11) is -7.32. The van der Waals surface area contributed by atoms with E-state index in [0.717, 1.165) is 0 Å². The number of piperazine rings is 1. The van der Waals surface area contributed by atoms with Crippen LogP contribution in [0.1, 0.15) is 13.8 Å². The molecule has 0 saturated carbocycles. The second kappa shape index (κ2) is 9.29. The summed E-state index contributed by atoms with van der Waals surface area (Å²) in [6.07, 6.45) is 0. The van der Waals surface area contributed by atoms with E-state index in [0.29, 0.717) is 45.0 Å². The van der Waals surface area contributed by atoms with Crippen LogP contribution in [0.4, 0.5) is 5.69 Å². The number of nitrogens with one attached hydrogen (secondary N) is 1. The van der Waals surface area contributed by atoms with E-state index in [2.05, 4.69) is 5.32 Å². The third kappa shape index (κ3) is 5.72. The van der Waals surface area contributed by atoms with E-state index in [1.165, 1.54) is 26.8 Å². The highest BCUT2D eigenvalue weighted by Gasteiger charge is 2.31. The van der Waals surface area contributed by atoms with Gasteiger partial charge in [0.2, 0.25) is 15.9 Å². The summed E-state index contributed by atoms with van der Waals surface area (Å²) < 4.78 is 50.7. The molecule has 0 bridgehead atoms. The lowest BCUT2D eigenvalue weighted by atomic mass is 10.3. The summed E-state index contributed by atoms with van der Waals surface area (Å²) in [5.74, 6) is -0.313. The molecule has 0 aromatic heterocycles. The Kier molecular flexibility index (Phi) is 7.53. The minimum absolute atomic E-state index is 0.0821. The first-order valence-corrected chi connectivity index (χ1v) is 11.9. The molecular weight excluding hydrogens is 406 g/mol. The van der Waals surface area contributed by atoms with Crippen molar-refractivity contribution >= 4 is 31.8 Å². The largest absolute Gasteiger partial charge is 0.325 e. The zero-order valence-electron chi connectivity index (χ0n) is 16.0. The molecule has 0 unspecified atom stereocenters. The molecule has 0 radical (unpaired) electrons. The molecule has 1 aromatic rings. The van der Waals surface area contributed by atoms with Gasteiger partial charge in [0.25, 0.3) is 10.2 Å². The molecule has 1 aliphatic rings. The minimum atomic E-state index is -3.85. The number of anilines is 1. The number of rotatable bonds is 8. The first kappa shape index (κ1) is 22.7. The van der Waals surface area contributed by atoms with Crippen molar-refractivity contribution in [2.75, 3.05) is 51.1 Å². The standard InChI is InChI=1S/C16H27N5O5S2/c1-3-20(4-2)28(25,26)21-10-8-19(9-11-21)13-16(22)18-14-6-5-7-15(12-14)27(17,23)24/h5-7,12H,3-4,8-11,13H2,1-2H3,(H,18,22)(H2,17,23,24). The predicted molar refractivity (Wildman–Crippen MR) is 106 cm³/mol. The van der Waals surface area contributed by atoms with Crippen LogP contribution in [0.5, 0.6) is 0 Å². The van der Waals surface area contributed by atoms with E-state index in [1.54, 1.807) is 19.9 Å². The molecule has 0 atom stereocenters. The van der Waals surface area contributed by atoms with Gasteiger partial charge in [-0.2, -0.15) is 17.0 Å². The molecule has 158 valence electrons. The summed E-state index contributed by atoms with van der Waals surface area (Å²) in [6.45, 7) is 6.01. The average molecular weight is 434 g/mol. The lowest BCUT2D eigenvalue weighted by Gasteiger charge is -2.35. The third-order valence-corrected chi connectivity index (χ3v) is 7.60. The van der Waals surface area contributed by atoms with Gasteiger partial charge < -0.3 is 5.32 Å². The monoisotopic (exact) mass is 433 g/mol. The van der Waals surface area contributed by atoms with Gasteiger partial charge in [-0.05, 0) is 18.2 Å². The molecule has 1 saturated heterocycles. The Labute approximate surface area is 166 Å². The summed E-state index contributed by atoms with van der Waals surface area (Å²) in [6, 6.07) is 5.70. The number of sulfonamides is 1. The summed E-state index contributed by atoms with van der Waals surface area (Å²) in [5.41, 5.74) is 0.333. The number of nitrogens with two attached hydrogens (primary N) is 1. The summed E-state index contributed by atoms with van der Waals surface area (Å²) in [5, 5.41) is 7.73. The van der Waals surface area contributed by atoms with Crippen LogP contribution in [0.25, 0.3) is 0 Å². The molecule has 28 heavy (non-hydrogen) atoms. The zero-order chi connectivity index (χ0) is 20.9. The number of benzene rings is 1. The van der Waals surface area contributed by atoms with Gasteiger partial charge in [0.15, 0.2) is 0 Å². The molecule has 3 N–H and O–H groups in total. The smallest absolute Gasteiger partial charge is 0.282 e. The highest BCUT2D eigenvalue weighted by Crippen LogP contribution is 2.15. The molecule has 0 aliphatic carbocycles. The van der Waals surface area contributed by atoms with Crippen molar-refractivity contribution in [2.24, 2.45) is 5.14 Å². The fourth-order valence-electron chi connectivity index (χ4n) is 2.99. The molecule has 1 aromatic carbocycles. The van der Waals surface area contributed by atoms with Gasteiger partial charge in [-0.1, -0.05) is 19.9 Å². The molecular formula is C16H27N5O5S2. The van der Waals surface area contributed by atoms with Gasteiger partial charge in [-0.25, -0.2) is 13.6 Å². The van der Waals surface area contributed by atoms with Crippen LogP contribution in [0.3, 0.4) is 0 Å². The Morgan fingerprint density at radius 2 is 1.71 bits per heavy atom. The molecule has 1 aliphatic heterocycles. The maximum absolute atomic E-state index is 12.5. The number of amides is 1. The minimum Gasteiger partial charge on any atom is -0.325 e. The molecule has 2 rings (SSSR count). The van der Waals surface area contributed by atoms with Crippen molar-refractivity contribution in [3.05, 3.63) is 24.3 Å². The fraction of sp³-hybridized carbons (Fsp3) is 0.562. The fourth-order valence-corrected chi connectivity index (χ4v) is 5.15. The predicted octanol–water partition coefficient (Wildman–Crippen LogP) is -0.523. The van der Waals surface area contributed by atoms with Crippen LogP contribution in [0.2, 0.25) is 0 Å². The number of carbonyl (C=O) groups is 1. The van der Waals surface area contributed by atoms with E-state index < -0.39 is 20.2 Å². The highest BCUT2D eigenvalue weighted by atomic mass is 32.2. The van der Waals surface area contributed by atoms with Crippen LogP contribution in [0, 0.1) is 0 Å². The topological polar surface area (TPSA) is 133 Å². The zero-order valence-corrected chi connectivity index (χ0v) is 17.7. The van der Waals surface area contributed by atoms with Crippen molar-refractivity contribution < 1.29 is 21.6 Å². The van der Waals surface area contributed by atoms with Gasteiger partial charge in [0.1, 0.15) is 0 Å². The second-order valence-electron chi connectivity index (χ2n) is 6.39. The Hall–Kier alpha value is -1.57. The molecule has 1 heterocycles. The Morgan fingerprint density at radius 3 is 2.25 bits per heavy atom. The van der Waals surface area contributed by atoms with Crippen molar-refractivity contribution in [3.63, 3.8) is 0 Å². The quantitative estimate of drug-likeness (QED) is 0.567. The van der Waals surface area contributed by atoms with E-state index >= 15 is 0 Å². The number of carbonyl (C=O) groups excluding carboxylic acids is 1. The molecule has 12 heteroatoms. The Balaban J connectivity index is 1.90. The first-order valence-electron chi connectivity index (χ1n) is 8.98. The third-order valence-electron chi connectivity index (χ3n) is 4.50. The van der Waals surface area contributed by atoms with Crippen LogP contribution in [-0.4, -0.2) is 82.1 Å². The lowest BCUT2D eigenvalue weighted by Crippen LogP contribution is -2.54. The maximum atomic E-state index is 12.5. The van der Waals surface area contributed by atoms with E-state index in [1.807, 2.05) is 4.90 Å². The van der Waals surface area contributed by atoms with Gasteiger partial charge >= 0.3 is 0 Å². The van der Waals surface area contributed by atoms with E-state index in [4.69, 9.17) is 5.14 Å². The molecule has 1 amide bonds. The second-order valence-corrected chi connectivity index (χ2v) is 9.88. The van der Waals surface area contributed by atoms with E-state index in [9.17, 15) is 21.6 Å².